The van der Waals surface area contributed by atoms with E-state index in [-0.39, 0.29) is 12.0 Å². The second-order valence-electron chi connectivity index (χ2n) is 4.96. The molecule has 20 heavy (non-hydrogen) atoms. The second-order valence-corrected chi connectivity index (χ2v) is 4.96. The monoisotopic (exact) mass is 274 g/mol. The predicted molar refractivity (Wildman–Crippen MR) is 78.2 cm³/mol. The molecule has 0 unspecified atom stereocenters. The summed E-state index contributed by atoms with van der Waals surface area (Å²) >= 11 is 0. The fourth-order valence-electron chi connectivity index (χ4n) is 1.72. The van der Waals surface area contributed by atoms with Gasteiger partial charge in [0.15, 0.2) is 0 Å². The van der Waals surface area contributed by atoms with Gasteiger partial charge in [0.25, 0.3) is 0 Å². The van der Waals surface area contributed by atoms with E-state index in [1.54, 1.807) is 12.1 Å². The molecular weight excluding hydrogens is 252 g/mol. The average Bonchev–Trinajstić information content (AvgIpc) is 2.43. The zero-order valence-electron chi connectivity index (χ0n) is 12.2. The smallest absolute Gasteiger partial charge is 0.224 e. The number of hydrogen-bond acceptors (Lipinski definition) is 3. The van der Waals surface area contributed by atoms with Crippen molar-refractivity contribution in [1.29, 1.82) is 5.26 Å². The molecule has 0 heterocycles. The van der Waals surface area contributed by atoms with Gasteiger partial charge in [-0.2, -0.15) is 5.26 Å². The molecule has 0 aromatic heterocycles. The number of carbonyl (C=O) groups excluding carboxylic acids is 1. The highest BCUT2D eigenvalue weighted by atomic mass is 16.5. The maximum Gasteiger partial charge on any atom is 0.224 e. The Balaban J connectivity index is 2.15. The van der Waals surface area contributed by atoms with Gasteiger partial charge < -0.3 is 10.1 Å². The Hall–Kier alpha value is -1.86. The maximum atomic E-state index is 11.7. The lowest BCUT2D eigenvalue weighted by atomic mass is 10.1. The number of carbonyl (C=O) groups is 1. The van der Waals surface area contributed by atoms with Crippen LogP contribution in [0.2, 0.25) is 0 Å². The molecule has 0 saturated carbocycles. The van der Waals surface area contributed by atoms with Crippen LogP contribution in [0.5, 0.6) is 0 Å². The summed E-state index contributed by atoms with van der Waals surface area (Å²) in [6.07, 6.45) is 2.50. The number of hydrogen-bond donors (Lipinski definition) is 1. The van der Waals surface area contributed by atoms with E-state index < -0.39 is 0 Å². The molecule has 0 bridgehead atoms. The first-order valence-corrected chi connectivity index (χ1v) is 6.99. The number of rotatable bonds is 8. The standard InChI is InChI=1S/C16H22N2O2/c1-13(2)20-10-4-3-9-18-16(19)11-14-5-7-15(12-17)8-6-14/h5-8,13H,3-4,9-11H2,1-2H3,(H,18,19). The van der Waals surface area contributed by atoms with Crippen LogP contribution in [-0.2, 0) is 16.0 Å². The Labute approximate surface area is 120 Å². The van der Waals surface area contributed by atoms with Gasteiger partial charge in [-0.05, 0) is 44.4 Å². The molecule has 4 nitrogen and oxygen atoms in total. The van der Waals surface area contributed by atoms with Crippen LogP contribution in [0.3, 0.4) is 0 Å². The van der Waals surface area contributed by atoms with Gasteiger partial charge in [0, 0.05) is 13.2 Å². The van der Waals surface area contributed by atoms with Crippen LogP contribution < -0.4 is 5.32 Å². The van der Waals surface area contributed by atoms with Gasteiger partial charge in [-0.1, -0.05) is 12.1 Å². The normalized spacial score (nSPS) is 10.3. The summed E-state index contributed by atoms with van der Waals surface area (Å²) in [6.45, 7) is 5.44. The molecule has 1 aromatic carbocycles. The van der Waals surface area contributed by atoms with Crippen LogP contribution in [0, 0.1) is 11.3 Å². The van der Waals surface area contributed by atoms with Gasteiger partial charge in [-0.15, -0.1) is 0 Å². The Morgan fingerprint density at radius 3 is 2.60 bits per heavy atom. The third-order valence-electron chi connectivity index (χ3n) is 2.79. The van der Waals surface area contributed by atoms with Crippen molar-refractivity contribution in [1.82, 2.24) is 5.32 Å². The van der Waals surface area contributed by atoms with Crippen molar-refractivity contribution in [3.63, 3.8) is 0 Å². The first kappa shape index (κ1) is 16.2. The average molecular weight is 274 g/mol. The first-order valence-electron chi connectivity index (χ1n) is 6.99. The van der Waals surface area contributed by atoms with Crippen molar-refractivity contribution < 1.29 is 9.53 Å². The summed E-state index contributed by atoms with van der Waals surface area (Å²) in [7, 11) is 0. The lowest BCUT2D eigenvalue weighted by Gasteiger charge is -2.08. The topological polar surface area (TPSA) is 62.1 Å². The highest BCUT2D eigenvalue weighted by Crippen LogP contribution is 2.04. The Bertz CT molecular complexity index is 447. The molecule has 4 heteroatoms. The van der Waals surface area contributed by atoms with Gasteiger partial charge in [0.05, 0.1) is 24.2 Å². The van der Waals surface area contributed by atoms with Crippen LogP contribution in [-0.4, -0.2) is 25.2 Å². The second kappa shape index (κ2) is 9.11. The summed E-state index contributed by atoms with van der Waals surface area (Å²) in [5.74, 6) is 0.0134. The van der Waals surface area contributed by atoms with Crippen molar-refractivity contribution in [2.75, 3.05) is 13.2 Å². The molecule has 1 aromatic rings. The summed E-state index contributed by atoms with van der Waals surface area (Å²) in [5.41, 5.74) is 1.53. The van der Waals surface area contributed by atoms with Crippen molar-refractivity contribution in [3.05, 3.63) is 35.4 Å². The zero-order chi connectivity index (χ0) is 14.8. The molecule has 1 N–H and O–H groups in total. The van der Waals surface area contributed by atoms with E-state index in [4.69, 9.17) is 10.00 Å². The van der Waals surface area contributed by atoms with E-state index in [0.717, 1.165) is 25.0 Å². The highest BCUT2D eigenvalue weighted by molar-refractivity contribution is 5.78. The van der Waals surface area contributed by atoms with Gasteiger partial charge in [-0.25, -0.2) is 0 Å². The third-order valence-corrected chi connectivity index (χ3v) is 2.79. The molecule has 0 atom stereocenters. The Kier molecular flexibility index (Phi) is 7.38. The maximum absolute atomic E-state index is 11.7. The molecule has 108 valence electrons. The van der Waals surface area contributed by atoms with Crippen LogP contribution in [0.15, 0.2) is 24.3 Å². The number of ether oxygens (including phenoxy) is 1. The van der Waals surface area contributed by atoms with Gasteiger partial charge in [0.2, 0.25) is 5.91 Å². The van der Waals surface area contributed by atoms with Gasteiger partial charge in [-0.3, -0.25) is 4.79 Å². The predicted octanol–water partition coefficient (Wildman–Crippen LogP) is 2.42. The zero-order valence-corrected chi connectivity index (χ0v) is 12.2. The SMILES string of the molecule is CC(C)OCCCCNC(=O)Cc1ccc(C#N)cc1. The number of nitrogens with one attached hydrogen (secondary N) is 1. The lowest BCUT2D eigenvalue weighted by Crippen LogP contribution is -2.26. The quantitative estimate of drug-likeness (QED) is 0.740. The Morgan fingerprint density at radius 1 is 1.30 bits per heavy atom. The van der Waals surface area contributed by atoms with E-state index in [9.17, 15) is 4.79 Å². The van der Waals surface area contributed by atoms with Crippen molar-refractivity contribution in [2.24, 2.45) is 0 Å². The van der Waals surface area contributed by atoms with Gasteiger partial charge >= 0.3 is 0 Å². The largest absolute Gasteiger partial charge is 0.379 e. The molecule has 0 spiro atoms. The van der Waals surface area contributed by atoms with Gasteiger partial charge in [0.1, 0.15) is 0 Å². The van der Waals surface area contributed by atoms with Crippen LogP contribution >= 0.6 is 0 Å². The summed E-state index contributed by atoms with van der Waals surface area (Å²) < 4.78 is 5.43. The van der Waals surface area contributed by atoms with Crippen LogP contribution in [0.4, 0.5) is 0 Å². The first-order chi connectivity index (χ1) is 9.61. The summed E-state index contributed by atoms with van der Waals surface area (Å²) in [5, 5.41) is 11.6. The van der Waals surface area contributed by atoms with Crippen molar-refractivity contribution in [3.8, 4) is 6.07 Å². The van der Waals surface area contributed by atoms with E-state index in [1.807, 2.05) is 26.0 Å². The van der Waals surface area contributed by atoms with E-state index in [1.165, 1.54) is 0 Å². The van der Waals surface area contributed by atoms with E-state index >= 15 is 0 Å². The number of nitrogens with zero attached hydrogens (tertiary/aromatic N) is 1. The molecule has 0 aliphatic carbocycles. The summed E-state index contributed by atoms with van der Waals surface area (Å²) in [6, 6.07) is 9.14. The van der Waals surface area contributed by atoms with E-state index in [0.29, 0.717) is 18.5 Å². The minimum Gasteiger partial charge on any atom is -0.379 e. The minimum atomic E-state index is 0.0134. The number of unbranched alkanes of at least 4 members (excludes halogenated alkanes) is 1. The minimum absolute atomic E-state index is 0.0134. The number of benzene rings is 1. The van der Waals surface area contributed by atoms with E-state index in [2.05, 4.69) is 11.4 Å². The molecule has 1 rings (SSSR count). The third kappa shape index (κ3) is 6.91. The molecule has 0 fully saturated rings. The van der Waals surface area contributed by atoms with Crippen LogP contribution in [0.1, 0.15) is 37.8 Å². The molecule has 0 saturated heterocycles. The molecule has 0 aliphatic heterocycles. The fraction of sp³-hybridized carbons (Fsp3) is 0.500. The molecule has 0 aliphatic rings. The summed E-state index contributed by atoms with van der Waals surface area (Å²) in [4.78, 5) is 11.7. The van der Waals surface area contributed by atoms with Crippen LogP contribution in [0.25, 0.3) is 0 Å². The molecular formula is C16H22N2O2. The lowest BCUT2D eigenvalue weighted by molar-refractivity contribution is -0.120. The molecule has 1 amide bonds. The number of nitriles is 1. The highest BCUT2D eigenvalue weighted by Gasteiger charge is 2.03. The number of amides is 1. The van der Waals surface area contributed by atoms with Crippen molar-refractivity contribution >= 4 is 5.91 Å². The van der Waals surface area contributed by atoms with Crippen molar-refractivity contribution in [2.45, 2.75) is 39.2 Å². The Morgan fingerprint density at radius 2 is 2.00 bits per heavy atom. The molecule has 0 radical (unpaired) electrons. The fourth-order valence-corrected chi connectivity index (χ4v) is 1.72.